The summed E-state index contributed by atoms with van der Waals surface area (Å²) in [5.74, 6) is -1.08. The van der Waals surface area contributed by atoms with Gasteiger partial charge in [-0.15, -0.1) is 0 Å². The molecule has 5 heteroatoms. The van der Waals surface area contributed by atoms with Crippen molar-refractivity contribution in [3.8, 4) is 0 Å². The lowest BCUT2D eigenvalue weighted by molar-refractivity contribution is -0.143. The third kappa shape index (κ3) is 5.19. The van der Waals surface area contributed by atoms with Crippen molar-refractivity contribution in [1.82, 2.24) is 4.90 Å². The van der Waals surface area contributed by atoms with Crippen LogP contribution < -0.4 is 5.73 Å². The Kier molecular flexibility index (Phi) is 5.06. The number of carbonyl (C=O) groups is 2. The van der Waals surface area contributed by atoms with Crippen LogP contribution in [0.5, 0.6) is 0 Å². The average Bonchev–Trinajstić information content (AvgIpc) is 2.02. The molecule has 3 N–H and O–H groups in total. The van der Waals surface area contributed by atoms with Crippen LogP contribution in [0.4, 0.5) is 0 Å². The fourth-order valence-corrected chi connectivity index (χ4v) is 0.828. The van der Waals surface area contributed by atoms with Crippen molar-refractivity contribution in [1.29, 1.82) is 0 Å². The summed E-state index contributed by atoms with van der Waals surface area (Å²) in [6.07, 6.45) is 0.306. The predicted molar refractivity (Wildman–Crippen MR) is 48.1 cm³/mol. The van der Waals surface area contributed by atoms with Gasteiger partial charge in [0, 0.05) is 13.5 Å². The van der Waals surface area contributed by atoms with E-state index in [0.29, 0.717) is 13.0 Å². The van der Waals surface area contributed by atoms with Crippen LogP contribution in [0.3, 0.4) is 0 Å². The van der Waals surface area contributed by atoms with E-state index in [1.165, 1.54) is 11.9 Å². The molecule has 0 aliphatic heterocycles. The Morgan fingerprint density at radius 2 is 2.08 bits per heavy atom. The van der Waals surface area contributed by atoms with Crippen molar-refractivity contribution in [3.63, 3.8) is 0 Å². The minimum atomic E-state index is -1.00. The van der Waals surface area contributed by atoms with E-state index in [0.717, 1.165) is 0 Å². The van der Waals surface area contributed by atoms with E-state index in [-0.39, 0.29) is 18.4 Å². The standard InChI is InChI=1S/C8H16N2O3/c1-6(4-9)3-7(11)10(2)5-8(12)13/h6H,3-5,9H2,1-2H3,(H,12,13). The molecule has 0 rings (SSSR count). The zero-order chi connectivity index (χ0) is 10.4. The van der Waals surface area contributed by atoms with Crippen molar-refractivity contribution in [2.45, 2.75) is 13.3 Å². The van der Waals surface area contributed by atoms with Gasteiger partial charge in [0.1, 0.15) is 6.54 Å². The maximum Gasteiger partial charge on any atom is 0.323 e. The number of aliphatic carboxylic acids is 1. The lowest BCUT2D eigenvalue weighted by Crippen LogP contribution is -2.33. The molecule has 1 unspecified atom stereocenters. The highest BCUT2D eigenvalue weighted by Crippen LogP contribution is 2.01. The molecule has 0 aromatic carbocycles. The summed E-state index contributed by atoms with van der Waals surface area (Å²) in [6, 6.07) is 0. The molecule has 0 spiro atoms. The molecule has 0 fully saturated rings. The van der Waals surface area contributed by atoms with Gasteiger partial charge in [0.05, 0.1) is 0 Å². The van der Waals surface area contributed by atoms with Crippen LogP contribution in [0, 0.1) is 5.92 Å². The molecule has 76 valence electrons. The number of hydrogen-bond acceptors (Lipinski definition) is 3. The highest BCUT2D eigenvalue weighted by Gasteiger charge is 2.14. The fourth-order valence-electron chi connectivity index (χ4n) is 0.828. The van der Waals surface area contributed by atoms with Crippen LogP contribution in [0.25, 0.3) is 0 Å². The van der Waals surface area contributed by atoms with Crippen molar-refractivity contribution in [3.05, 3.63) is 0 Å². The van der Waals surface area contributed by atoms with Crippen LogP contribution in [-0.2, 0) is 9.59 Å². The van der Waals surface area contributed by atoms with Gasteiger partial charge in [0.25, 0.3) is 0 Å². The third-order valence-corrected chi connectivity index (χ3v) is 1.72. The number of rotatable bonds is 5. The summed E-state index contributed by atoms with van der Waals surface area (Å²) >= 11 is 0. The predicted octanol–water partition coefficient (Wildman–Crippen LogP) is -0.486. The number of likely N-dealkylation sites (N-methyl/N-ethyl adjacent to an activating group) is 1. The van der Waals surface area contributed by atoms with Gasteiger partial charge in [0.2, 0.25) is 5.91 Å². The van der Waals surface area contributed by atoms with E-state index in [4.69, 9.17) is 10.8 Å². The minimum absolute atomic E-state index is 0.101. The molecule has 5 nitrogen and oxygen atoms in total. The van der Waals surface area contributed by atoms with Crippen LogP contribution in [0.15, 0.2) is 0 Å². The summed E-state index contributed by atoms with van der Waals surface area (Å²) in [6.45, 7) is 2.04. The number of carbonyl (C=O) groups excluding carboxylic acids is 1. The second-order valence-electron chi connectivity index (χ2n) is 3.19. The smallest absolute Gasteiger partial charge is 0.323 e. The summed E-state index contributed by atoms with van der Waals surface area (Å²) in [4.78, 5) is 22.7. The first-order valence-corrected chi connectivity index (χ1v) is 4.13. The fraction of sp³-hybridized carbons (Fsp3) is 0.750. The van der Waals surface area contributed by atoms with Gasteiger partial charge >= 0.3 is 5.97 Å². The van der Waals surface area contributed by atoms with Crippen molar-refractivity contribution in [2.24, 2.45) is 11.7 Å². The molecule has 0 saturated carbocycles. The molecule has 0 saturated heterocycles. The van der Waals surface area contributed by atoms with Gasteiger partial charge in [-0.3, -0.25) is 9.59 Å². The molecular weight excluding hydrogens is 172 g/mol. The number of nitrogens with two attached hydrogens (primary N) is 1. The molecule has 0 aliphatic rings. The molecular formula is C8H16N2O3. The van der Waals surface area contributed by atoms with Crippen LogP contribution >= 0.6 is 0 Å². The highest BCUT2D eigenvalue weighted by atomic mass is 16.4. The lowest BCUT2D eigenvalue weighted by Gasteiger charge is -2.16. The monoisotopic (exact) mass is 188 g/mol. The summed E-state index contributed by atoms with van der Waals surface area (Å²) in [5, 5.41) is 8.41. The quantitative estimate of drug-likeness (QED) is 0.610. The third-order valence-electron chi connectivity index (χ3n) is 1.72. The van der Waals surface area contributed by atoms with E-state index in [2.05, 4.69) is 0 Å². The molecule has 0 aromatic rings. The summed E-state index contributed by atoms with van der Waals surface area (Å²) < 4.78 is 0. The van der Waals surface area contributed by atoms with E-state index < -0.39 is 5.97 Å². The number of amides is 1. The Morgan fingerprint density at radius 3 is 2.46 bits per heavy atom. The normalized spacial score (nSPS) is 12.2. The first kappa shape index (κ1) is 11.9. The molecule has 0 radical (unpaired) electrons. The molecule has 0 aromatic heterocycles. The summed E-state index contributed by atoms with van der Waals surface area (Å²) in [5.41, 5.74) is 5.33. The van der Waals surface area contributed by atoms with Gasteiger partial charge < -0.3 is 15.7 Å². The van der Waals surface area contributed by atoms with E-state index in [1.54, 1.807) is 0 Å². The average molecular weight is 188 g/mol. The highest BCUT2D eigenvalue weighted by molar-refractivity contribution is 5.81. The Labute approximate surface area is 77.5 Å². The molecule has 1 atom stereocenters. The maximum atomic E-state index is 11.3. The Balaban J connectivity index is 3.89. The van der Waals surface area contributed by atoms with Gasteiger partial charge in [-0.2, -0.15) is 0 Å². The maximum absolute atomic E-state index is 11.3. The van der Waals surface area contributed by atoms with Crippen molar-refractivity contribution < 1.29 is 14.7 Å². The van der Waals surface area contributed by atoms with Crippen molar-refractivity contribution in [2.75, 3.05) is 20.1 Å². The molecule has 1 amide bonds. The molecule has 0 aliphatic carbocycles. The number of carboxylic acids is 1. The first-order valence-electron chi connectivity index (χ1n) is 4.13. The van der Waals surface area contributed by atoms with E-state index in [1.807, 2.05) is 6.92 Å². The molecule has 0 bridgehead atoms. The number of nitrogens with zero attached hydrogens (tertiary/aromatic N) is 1. The van der Waals surface area contributed by atoms with Gasteiger partial charge in [-0.1, -0.05) is 6.92 Å². The summed E-state index contributed by atoms with van der Waals surface area (Å²) in [7, 11) is 1.47. The topological polar surface area (TPSA) is 83.6 Å². The van der Waals surface area contributed by atoms with E-state index >= 15 is 0 Å². The second-order valence-corrected chi connectivity index (χ2v) is 3.19. The Hall–Kier alpha value is -1.10. The number of carboxylic acid groups (broad SMARTS) is 1. The van der Waals surface area contributed by atoms with Crippen LogP contribution in [0.2, 0.25) is 0 Å². The van der Waals surface area contributed by atoms with Gasteiger partial charge in [0.15, 0.2) is 0 Å². The van der Waals surface area contributed by atoms with Gasteiger partial charge in [-0.25, -0.2) is 0 Å². The zero-order valence-corrected chi connectivity index (χ0v) is 7.99. The molecule has 13 heavy (non-hydrogen) atoms. The first-order chi connectivity index (χ1) is 5.97. The SMILES string of the molecule is CC(CN)CC(=O)N(C)CC(=O)O. The van der Waals surface area contributed by atoms with Gasteiger partial charge in [-0.05, 0) is 12.5 Å². The second kappa shape index (κ2) is 5.53. The largest absolute Gasteiger partial charge is 0.480 e. The zero-order valence-electron chi connectivity index (χ0n) is 7.99. The Morgan fingerprint density at radius 1 is 1.54 bits per heavy atom. The molecule has 0 heterocycles. The van der Waals surface area contributed by atoms with Crippen molar-refractivity contribution >= 4 is 11.9 Å². The Bertz CT molecular complexity index is 194. The van der Waals surface area contributed by atoms with Crippen LogP contribution in [-0.4, -0.2) is 42.0 Å². The number of hydrogen-bond donors (Lipinski definition) is 2. The van der Waals surface area contributed by atoms with E-state index in [9.17, 15) is 9.59 Å². The minimum Gasteiger partial charge on any atom is -0.480 e. The van der Waals surface area contributed by atoms with Crippen LogP contribution in [0.1, 0.15) is 13.3 Å². The lowest BCUT2D eigenvalue weighted by atomic mass is 10.1.